The Morgan fingerprint density at radius 1 is 1.47 bits per heavy atom. The number of carbonyl (C=O) groups excluding carboxylic acids is 1. The van der Waals surface area contributed by atoms with Crippen LogP contribution < -0.4 is 5.32 Å². The van der Waals surface area contributed by atoms with Gasteiger partial charge in [-0.2, -0.15) is 0 Å². The number of aromatic nitrogens is 1. The zero-order valence-electron chi connectivity index (χ0n) is 11.8. The van der Waals surface area contributed by atoms with E-state index in [-0.39, 0.29) is 5.91 Å². The lowest BCUT2D eigenvalue weighted by Crippen LogP contribution is -2.50. The minimum absolute atomic E-state index is 0.128. The fourth-order valence-electron chi connectivity index (χ4n) is 2.64. The summed E-state index contributed by atoms with van der Waals surface area (Å²) in [7, 11) is 0. The quantitative estimate of drug-likeness (QED) is 0.901. The first kappa shape index (κ1) is 14.0. The molecule has 1 aromatic rings. The van der Waals surface area contributed by atoms with Gasteiger partial charge in [0.2, 0.25) is 0 Å². The highest BCUT2D eigenvalue weighted by molar-refractivity contribution is 5.94. The van der Waals surface area contributed by atoms with Gasteiger partial charge in [-0.05, 0) is 37.4 Å². The summed E-state index contributed by atoms with van der Waals surface area (Å²) in [4.78, 5) is 18.3. The van der Waals surface area contributed by atoms with Crippen LogP contribution in [0.3, 0.4) is 0 Å². The fourth-order valence-corrected chi connectivity index (χ4v) is 2.64. The molecule has 0 spiro atoms. The Morgan fingerprint density at radius 2 is 2.21 bits per heavy atom. The van der Waals surface area contributed by atoms with E-state index in [0.29, 0.717) is 12.0 Å². The molecule has 1 fully saturated rings. The summed E-state index contributed by atoms with van der Waals surface area (Å²) in [5.74, 6) is 0.634. The molecule has 0 radical (unpaired) electrons. The second-order valence-electron chi connectivity index (χ2n) is 5.31. The molecule has 104 valence electrons. The molecule has 1 amide bonds. The predicted octanol–water partition coefficient (Wildman–Crippen LogP) is 1.93. The Kier molecular flexibility index (Phi) is 4.91. The van der Waals surface area contributed by atoms with Crippen molar-refractivity contribution in [1.82, 2.24) is 15.2 Å². The third-order valence-corrected chi connectivity index (χ3v) is 3.78. The summed E-state index contributed by atoms with van der Waals surface area (Å²) in [5.41, 5.74) is 0.738. The highest BCUT2D eigenvalue weighted by Crippen LogP contribution is 2.18. The molecule has 19 heavy (non-hydrogen) atoms. The lowest BCUT2D eigenvalue weighted by atomic mass is 9.93. The van der Waals surface area contributed by atoms with Crippen LogP contribution in [0, 0.1) is 5.92 Å². The van der Waals surface area contributed by atoms with Gasteiger partial charge in [0.25, 0.3) is 5.91 Å². The predicted molar refractivity (Wildman–Crippen MR) is 76.0 cm³/mol. The number of nitrogens with zero attached hydrogens (tertiary/aromatic N) is 2. The molecule has 1 aliphatic heterocycles. The Morgan fingerprint density at radius 3 is 2.84 bits per heavy atom. The normalized spacial score (nSPS) is 23.4. The van der Waals surface area contributed by atoms with Crippen molar-refractivity contribution in [2.24, 2.45) is 5.92 Å². The highest BCUT2D eigenvalue weighted by atomic mass is 16.2. The van der Waals surface area contributed by atoms with Gasteiger partial charge in [0.15, 0.2) is 0 Å². The molecule has 4 heteroatoms. The Labute approximate surface area is 115 Å². The third kappa shape index (κ3) is 3.53. The topological polar surface area (TPSA) is 45.2 Å². The van der Waals surface area contributed by atoms with E-state index in [1.807, 2.05) is 4.90 Å². The standard InChI is InChI=1S/C15H23N3O/c1-3-7-17-14-6-10-18(11-12(14)2)15(19)13-4-8-16-9-5-13/h4-5,8-9,12,14,17H,3,6-7,10-11H2,1-2H3. The minimum atomic E-state index is 0.128. The average molecular weight is 261 g/mol. The summed E-state index contributed by atoms with van der Waals surface area (Å²) in [6, 6.07) is 4.12. The van der Waals surface area contributed by atoms with E-state index in [1.165, 1.54) is 0 Å². The van der Waals surface area contributed by atoms with Crippen molar-refractivity contribution in [3.8, 4) is 0 Å². The largest absolute Gasteiger partial charge is 0.338 e. The van der Waals surface area contributed by atoms with Gasteiger partial charge in [0.05, 0.1) is 0 Å². The molecule has 2 rings (SSSR count). The van der Waals surface area contributed by atoms with Gasteiger partial charge in [0.1, 0.15) is 0 Å². The van der Waals surface area contributed by atoms with Crippen LogP contribution in [0.4, 0.5) is 0 Å². The highest BCUT2D eigenvalue weighted by Gasteiger charge is 2.28. The minimum Gasteiger partial charge on any atom is -0.338 e. The van der Waals surface area contributed by atoms with Crippen LogP contribution in [0.2, 0.25) is 0 Å². The summed E-state index contributed by atoms with van der Waals surface area (Å²) in [5, 5.41) is 3.57. The second kappa shape index (κ2) is 6.66. The van der Waals surface area contributed by atoms with E-state index in [0.717, 1.165) is 38.0 Å². The van der Waals surface area contributed by atoms with Gasteiger partial charge in [-0.15, -0.1) is 0 Å². The molecule has 1 saturated heterocycles. The molecule has 0 saturated carbocycles. The number of nitrogens with one attached hydrogen (secondary N) is 1. The number of hydrogen-bond donors (Lipinski definition) is 1. The monoisotopic (exact) mass is 261 g/mol. The molecule has 0 aliphatic carbocycles. The molecule has 0 aromatic carbocycles. The van der Waals surface area contributed by atoms with E-state index >= 15 is 0 Å². The van der Waals surface area contributed by atoms with E-state index in [4.69, 9.17) is 0 Å². The maximum atomic E-state index is 12.3. The molecule has 2 unspecified atom stereocenters. The average Bonchev–Trinajstić information content (AvgIpc) is 2.46. The van der Waals surface area contributed by atoms with Crippen molar-refractivity contribution in [2.45, 2.75) is 32.7 Å². The molecule has 1 aromatic heterocycles. The number of pyridine rings is 1. The molecule has 2 heterocycles. The molecule has 1 aliphatic rings. The lowest BCUT2D eigenvalue weighted by Gasteiger charge is -2.37. The van der Waals surface area contributed by atoms with Crippen LogP contribution in [0.5, 0.6) is 0 Å². The fraction of sp³-hybridized carbons (Fsp3) is 0.600. The van der Waals surface area contributed by atoms with Gasteiger partial charge in [-0.25, -0.2) is 0 Å². The summed E-state index contributed by atoms with van der Waals surface area (Å²) >= 11 is 0. The summed E-state index contributed by atoms with van der Waals surface area (Å²) < 4.78 is 0. The molecule has 1 N–H and O–H groups in total. The number of likely N-dealkylation sites (tertiary alicyclic amines) is 1. The van der Waals surface area contributed by atoms with E-state index in [1.54, 1.807) is 24.5 Å². The van der Waals surface area contributed by atoms with Crippen molar-refractivity contribution < 1.29 is 4.79 Å². The second-order valence-corrected chi connectivity index (χ2v) is 5.31. The SMILES string of the molecule is CCCNC1CCN(C(=O)c2ccncc2)CC1C. The van der Waals surface area contributed by atoms with Gasteiger partial charge in [0, 0.05) is 37.1 Å². The number of hydrogen-bond acceptors (Lipinski definition) is 3. The van der Waals surface area contributed by atoms with Crippen molar-refractivity contribution in [3.05, 3.63) is 30.1 Å². The number of amides is 1. The number of piperidine rings is 1. The van der Waals surface area contributed by atoms with Crippen LogP contribution in [0.15, 0.2) is 24.5 Å². The molecule has 2 atom stereocenters. The Hall–Kier alpha value is -1.42. The van der Waals surface area contributed by atoms with Gasteiger partial charge >= 0.3 is 0 Å². The van der Waals surface area contributed by atoms with Gasteiger partial charge in [-0.1, -0.05) is 13.8 Å². The summed E-state index contributed by atoms with van der Waals surface area (Å²) in [6.45, 7) is 7.14. The van der Waals surface area contributed by atoms with Crippen molar-refractivity contribution in [2.75, 3.05) is 19.6 Å². The van der Waals surface area contributed by atoms with Crippen LogP contribution in [-0.2, 0) is 0 Å². The zero-order valence-corrected chi connectivity index (χ0v) is 11.8. The van der Waals surface area contributed by atoms with Gasteiger partial charge < -0.3 is 10.2 Å². The Balaban J connectivity index is 1.93. The first-order valence-electron chi connectivity index (χ1n) is 7.15. The molecule has 0 bridgehead atoms. The van der Waals surface area contributed by atoms with Gasteiger partial charge in [-0.3, -0.25) is 9.78 Å². The first-order valence-corrected chi connectivity index (χ1v) is 7.15. The zero-order chi connectivity index (χ0) is 13.7. The third-order valence-electron chi connectivity index (χ3n) is 3.78. The molecular weight excluding hydrogens is 238 g/mol. The molecule has 4 nitrogen and oxygen atoms in total. The van der Waals surface area contributed by atoms with Crippen LogP contribution in [0.1, 0.15) is 37.0 Å². The van der Waals surface area contributed by atoms with Crippen LogP contribution >= 0.6 is 0 Å². The first-order chi connectivity index (χ1) is 9.22. The van der Waals surface area contributed by atoms with Crippen molar-refractivity contribution in [1.29, 1.82) is 0 Å². The maximum absolute atomic E-state index is 12.3. The van der Waals surface area contributed by atoms with Crippen molar-refractivity contribution >= 4 is 5.91 Å². The lowest BCUT2D eigenvalue weighted by molar-refractivity contribution is 0.0645. The van der Waals surface area contributed by atoms with Crippen molar-refractivity contribution in [3.63, 3.8) is 0 Å². The number of carbonyl (C=O) groups is 1. The number of rotatable bonds is 4. The van der Waals surface area contributed by atoms with E-state index in [2.05, 4.69) is 24.1 Å². The van der Waals surface area contributed by atoms with E-state index in [9.17, 15) is 4.79 Å². The Bertz CT molecular complexity index is 407. The van der Waals surface area contributed by atoms with E-state index < -0.39 is 0 Å². The maximum Gasteiger partial charge on any atom is 0.253 e. The van der Waals surface area contributed by atoms with Crippen LogP contribution in [-0.4, -0.2) is 41.5 Å². The summed E-state index contributed by atoms with van der Waals surface area (Å²) in [6.07, 6.45) is 5.54. The smallest absolute Gasteiger partial charge is 0.253 e. The van der Waals surface area contributed by atoms with Crippen LogP contribution in [0.25, 0.3) is 0 Å². The molecular formula is C15H23N3O.